The molecule has 0 N–H and O–H groups in total. The molecule has 1 rings (SSSR count). The maximum Gasteiger partial charge on any atom is 0.287 e. The minimum Gasteiger partial charge on any atom is -0.341 e. The Morgan fingerprint density at radius 3 is 2.72 bits per heavy atom. The summed E-state index contributed by atoms with van der Waals surface area (Å²) in [5, 5.41) is 10.6. The SMILES string of the molecule is CSCCN(C)C(=O)c1ccc([N+](=O)[O-])c(Cl)c1. The first kappa shape index (κ1) is 14.8. The molecule has 0 saturated carbocycles. The molecule has 0 heterocycles. The van der Waals surface area contributed by atoms with Crippen LogP contribution < -0.4 is 0 Å². The minimum absolute atomic E-state index is 0.0240. The average molecular weight is 289 g/mol. The summed E-state index contributed by atoms with van der Waals surface area (Å²) in [6.45, 7) is 0.620. The van der Waals surface area contributed by atoms with E-state index in [0.29, 0.717) is 12.1 Å². The van der Waals surface area contributed by atoms with E-state index in [1.807, 2.05) is 6.26 Å². The number of rotatable bonds is 5. The molecule has 0 radical (unpaired) electrons. The molecule has 0 fully saturated rings. The molecule has 0 bridgehead atoms. The fraction of sp³-hybridized carbons (Fsp3) is 0.364. The largest absolute Gasteiger partial charge is 0.341 e. The second kappa shape index (κ2) is 6.61. The van der Waals surface area contributed by atoms with Gasteiger partial charge in [-0.3, -0.25) is 14.9 Å². The lowest BCUT2D eigenvalue weighted by Gasteiger charge is -2.16. The third-order valence-electron chi connectivity index (χ3n) is 2.37. The topological polar surface area (TPSA) is 63.5 Å². The smallest absolute Gasteiger partial charge is 0.287 e. The van der Waals surface area contributed by atoms with E-state index < -0.39 is 4.92 Å². The summed E-state index contributed by atoms with van der Waals surface area (Å²) < 4.78 is 0. The molecule has 0 atom stereocenters. The molecule has 5 nitrogen and oxygen atoms in total. The number of nitro benzene ring substituents is 1. The van der Waals surface area contributed by atoms with Crippen molar-refractivity contribution < 1.29 is 9.72 Å². The van der Waals surface area contributed by atoms with Gasteiger partial charge >= 0.3 is 0 Å². The van der Waals surface area contributed by atoms with Gasteiger partial charge in [0.1, 0.15) is 5.02 Å². The maximum atomic E-state index is 12.0. The van der Waals surface area contributed by atoms with Crippen molar-refractivity contribution in [2.75, 3.05) is 25.6 Å². The summed E-state index contributed by atoms with van der Waals surface area (Å²) in [7, 11) is 1.69. The van der Waals surface area contributed by atoms with Crippen molar-refractivity contribution in [3.63, 3.8) is 0 Å². The second-order valence-corrected chi connectivity index (χ2v) is 5.04. The van der Waals surface area contributed by atoms with Crippen molar-refractivity contribution in [3.8, 4) is 0 Å². The van der Waals surface area contributed by atoms with Crippen LogP contribution in [0.25, 0.3) is 0 Å². The summed E-state index contributed by atoms with van der Waals surface area (Å²) in [4.78, 5) is 23.6. The quantitative estimate of drug-likeness (QED) is 0.617. The van der Waals surface area contributed by atoms with E-state index in [0.717, 1.165) is 5.75 Å². The van der Waals surface area contributed by atoms with Gasteiger partial charge < -0.3 is 4.90 Å². The number of hydrogen-bond donors (Lipinski definition) is 0. The van der Waals surface area contributed by atoms with E-state index in [1.54, 1.807) is 23.7 Å². The van der Waals surface area contributed by atoms with Crippen molar-refractivity contribution in [2.45, 2.75) is 0 Å². The normalized spacial score (nSPS) is 10.2. The zero-order valence-corrected chi connectivity index (χ0v) is 11.6. The van der Waals surface area contributed by atoms with Crippen LogP contribution in [0.4, 0.5) is 5.69 Å². The summed E-state index contributed by atoms with van der Waals surface area (Å²) >= 11 is 7.40. The number of benzene rings is 1. The summed E-state index contributed by atoms with van der Waals surface area (Å²) in [5.41, 5.74) is 0.161. The molecule has 98 valence electrons. The monoisotopic (exact) mass is 288 g/mol. The highest BCUT2D eigenvalue weighted by Crippen LogP contribution is 2.25. The van der Waals surface area contributed by atoms with Gasteiger partial charge in [-0.2, -0.15) is 11.8 Å². The highest BCUT2D eigenvalue weighted by atomic mass is 35.5. The number of nitrogens with zero attached hydrogens (tertiary/aromatic N) is 2. The molecule has 18 heavy (non-hydrogen) atoms. The van der Waals surface area contributed by atoms with Crippen molar-refractivity contribution in [3.05, 3.63) is 38.9 Å². The van der Waals surface area contributed by atoms with E-state index in [4.69, 9.17) is 11.6 Å². The summed E-state index contributed by atoms with van der Waals surface area (Å²) in [6.07, 6.45) is 1.96. The number of thioether (sulfide) groups is 1. The number of amides is 1. The van der Waals surface area contributed by atoms with E-state index >= 15 is 0 Å². The highest BCUT2D eigenvalue weighted by Gasteiger charge is 2.17. The van der Waals surface area contributed by atoms with Crippen LogP contribution in [-0.4, -0.2) is 41.3 Å². The Morgan fingerprint density at radius 2 is 2.22 bits per heavy atom. The number of carbonyl (C=O) groups is 1. The molecule has 0 spiro atoms. The van der Waals surface area contributed by atoms with E-state index in [-0.39, 0.29) is 16.6 Å². The van der Waals surface area contributed by atoms with Gasteiger partial charge in [0.2, 0.25) is 0 Å². The van der Waals surface area contributed by atoms with Gasteiger partial charge in [0, 0.05) is 31.0 Å². The lowest BCUT2D eigenvalue weighted by Crippen LogP contribution is -2.28. The van der Waals surface area contributed by atoms with Crippen molar-refractivity contribution >= 4 is 35.0 Å². The van der Waals surface area contributed by atoms with Crippen LogP contribution in [-0.2, 0) is 0 Å². The Hall–Kier alpha value is -1.27. The Labute approximate surface area is 114 Å². The number of hydrogen-bond acceptors (Lipinski definition) is 4. The highest BCUT2D eigenvalue weighted by molar-refractivity contribution is 7.98. The van der Waals surface area contributed by atoms with Gasteiger partial charge in [0.05, 0.1) is 4.92 Å². The molecule has 7 heteroatoms. The van der Waals surface area contributed by atoms with Crippen LogP contribution in [0.1, 0.15) is 10.4 Å². The Morgan fingerprint density at radius 1 is 1.56 bits per heavy atom. The number of halogens is 1. The number of carbonyl (C=O) groups excluding carboxylic acids is 1. The van der Waals surface area contributed by atoms with E-state index in [2.05, 4.69) is 0 Å². The molecule has 0 aliphatic carbocycles. The molecule has 1 aromatic carbocycles. The minimum atomic E-state index is -0.575. The Balaban J connectivity index is 2.87. The van der Waals surface area contributed by atoms with E-state index in [9.17, 15) is 14.9 Å². The fourth-order valence-corrected chi connectivity index (χ4v) is 2.04. The molecular formula is C11H13ClN2O3S. The predicted octanol–water partition coefficient (Wildman–Crippen LogP) is 2.68. The van der Waals surface area contributed by atoms with Crippen LogP contribution in [0.2, 0.25) is 5.02 Å². The lowest BCUT2D eigenvalue weighted by atomic mass is 10.2. The molecular weight excluding hydrogens is 276 g/mol. The van der Waals surface area contributed by atoms with Crippen LogP contribution in [0, 0.1) is 10.1 Å². The first-order valence-electron chi connectivity index (χ1n) is 5.15. The zero-order valence-electron chi connectivity index (χ0n) is 10.1. The van der Waals surface area contributed by atoms with Crippen LogP contribution in [0.5, 0.6) is 0 Å². The standard InChI is InChI=1S/C11H13ClN2O3S/c1-13(5-6-18-2)11(15)8-3-4-10(14(16)17)9(12)7-8/h3-4,7H,5-6H2,1-2H3. The average Bonchev–Trinajstić information content (AvgIpc) is 2.34. The van der Waals surface area contributed by atoms with Crippen molar-refractivity contribution in [2.24, 2.45) is 0 Å². The lowest BCUT2D eigenvalue weighted by molar-refractivity contribution is -0.384. The van der Waals surface area contributed by atoms with Gasteiger partial charge in [-0.15, -0.1) is 0 Å². The Kier molecular flexibility index (Phi) is 5.43. The zero-order chi connectivity index (χ0) is 13.7. The molecule has 0 aromatic heterocycles. The molecule has 0 unspecified atom stereocenters. The predicted molar refractivity (Wildman–Crippen MR) is 73.4 cm³/mol. The third-order valence-corrected chi connectivity index (χ3v) is 3.26. The van der Waals surface area contributed by atoms with Gasteiger partial charge in [0.15, 0.2) is 0 Å². The molecule has 0 saturated heterocycles. The summed E-state index contributed by atoms with van der Waals surface area (Å²) in [5.74, 6) is 0.643. The van der Waals surface area contributed by atoms with Crippen LogP contribution in [0.15, 0.2) is 18.2 Å². The number of nitro groups is 1. The van der Waals surface area contributed by atoms with Crippen LogP contribution >= 0.6 is 23.4 Å². The Bertz CT molecular complexity index is 468. The molecule has 1 aromatic rings. The molecule has 1 amide bonds. The first-order chi connectivity index (χ1) is 8.47. The van der Waals surface area contributed by atoms with Crippen molar-refractivity contribution in [1.29, 1.82) is 0 Å². The van der Waals surface area contributed by atoms with Gasteiger partial charge in [-0.25, -0.2) is 0 Å². The molecule has 0 aliphatic rings. The van der Waals surface area contributed by atoms with Crippen molar-refractivity contribution in [1.82, 2.24) is 4.90 Å². The fourth-order valence-electron chi connectivity index (χ4n) is 1.34. The summed E-state index contributed by atoms with van der Waals surface area (Å²) in [6, 6.07) is 4.00. The first-order valence-corrected chi connectivity index (χ1v) is 6.93. The molecule has 0 aliphatic heterocycles. The van der Waals surface area contributed by atoms with E-state index in [1.165, 1.54) is 18.2 Å². The van der Waals surface area contributed by atoms with Crippen LogP contribution in [0.3, 0.4) is 0 Å². The van der Waals surface area contributed by atoms with Gasteiger partial charge in [0.25, 0.3) is 11.6 Å². The third kappa shape index (κ3) is 3.61. The maximum absolute atomic E-state index is 12.0. The second-order valence-electron chi connectivity index (χ2n) is 3.64. The van der Waals surface area contributed by atoms with Gasteiger partial charge in [-0.1, -0.05) is 11.6 Å². The van der Waals surface area contributed by atoms with Gasteiger partial charge in [-0.05, 0) is 18.4 Å².